The molecular weight excluding hydrogens is 248 g/mol. The fraction of sp³-hybridized carbons (Fsp3) is 0.846. The normalized spacial score (nSPS) is 12.3. The molecule has 0 saturated heterocycles. The molecule has 5 heteroatoms. The summed E-state index contributed by atoms with van der Waals surface area (Å²) >= 11 is 6.09. The van der Waals surface area contributed by atoms with E-state index in [9.17, 15) is 0 Å². The first kappa shape index (κ1) is 15.4. The Morgan fingerprint density at radius 2 is 2.06 bits per heavy atom. The van der Waals surface area contributed by atoms with Gasteiger partial charge in [-0.3, -0.25) is 0 Å². The number of halogens is 1. The molecule has 1 aromatic heterocycles. The van der Waals surface area contributed by atoms with Gasteiger partial charge in [0.2, 0.25) is 0 Å². The first-order chi connectivity index (χ1) is 8.58. The van der Waals surface area contributed by atoms with Crippen LogP contribution in [0.5, 0.6) is 0 Å². The zero-order valence-electron chi connectivity index (χ0n) is 11.9. The maximum Gasteiger partial charge on any atom is 0.141 e. The first-order valence-electron chi connectivity index (χ1n) is 6.73. The highest BCUT2D eigenvalue weighted by Gasteiger charge is 2.24. The van der Waals surface area contributed by atoms with E-state index in [1.807, 2.05) is 4.68 Å². The van der Waals surface area contributed by atoms with Crippen LogP contribution in [0.25, 0.3) is 0 Å². The van der Waals surface area contributed by atoms with Crippen molar-refractivity contribution >= 4 is 11.6 Å². The summed E-state index contributed by atoms with van der Waals surface area (Å²) in [7, 11) is 0. The Labute approximate surface area is 115 Å². The van der Waals surface area contributed by atoms with E-state index in [0.717, 1.165) is 31.8 Å². The van der Waals surface area contributed by atoms with Crippen molar-refractivity contribution in [3.05, 3.63) is 12.2 Å². The molecule has 0 unspecified atom stereocenters. The van der Waals surface area contributed by atoms with E-state index in [4.69, 9.17) is 11.6 Å². The summed E-state index contributed by atoms with van der Waals surface area (Å²) in [6.07, 6.45) is 3.80. The van der Waals surface area contributed by atoms with Gasteiger partial charge in [-0.1, -0.05) is 13.8 Å². The van der Waals surface area contributed by atoms with Crippen LogP contribution >= 0.6 is 11.6 Å². The first-order valence-corrected chi connectivity index (χ1v) is 7.27. The molecule has 0 aliphatic carbocycles. The van der Waals surface area contributed by atoms with E-state index >= 15 is 0 Å². The van der Waals surface area contributed by atoms with Crippen LogP contribution in [0.3, 0.4) is 0 Å². The molecule has 0 atom stereocenters. The van der Waals surface area contributed by atoms with Gasteiger partial charge in [-0.15, -0.1) is 11.6 Å². The van der Waals surface area contributed by atoms with E-state index in [1.165, 1.54) is 0 Å². The fourth-order valence-electron chi connectivity index (χ4n) is 2.01. The number of nitrogens with zero attached hydrogens (tertiary/aromatic N) is 3. The molecule has 0 radical (unpaired) electrons. The zero-order valence-corrected chi connectivity index (χ0v) is 12.7. The monoisotopic (exact) mass is 272 g/mol. The van der Waals surface area contributed by atoms with Crippen LogP contribution in [-0.4, -0.2) is 27.2 Å². The van der Waals surface area contributed by atoms with Gasteiger partial charge in [-0.2, -0.15) is 5.10 Å². The largest absolute Gasteiger partial charge is 0.309 e. The molecule has 18 heavy (non-hydrogen) atoms. The minimum absolute atomic E-state index is 0.199. The summed E-state index contributed by atoms with van der Waals surface area (Å²) in [5.41, 5.74) is 0.199. The Morgan fingerprint density at radius 3 is 2.56 bits per heavy atom. The molecule has 0 bridgehead atoms. The maximum absolute atomic E-state index is 6.09. The van der Waals surface area contributed by atoms with Crippen molar-refractivity contribution in [2.24, 2.45) is 5.41 Å². The molecule has 0 saturated carbocycles. The maximum atomic E-state index is 6.09. The lowest BCUT2D eigenvalue weighted by molar-refractivity contribution is 0.283. The number of aromatic nitrogens is 3. The Hall–Kier alpha value is -0.610. The van der Waals surface area contributed by atoms with Crippen molar-refractivity contribution in [3.8, 4) is 0 Å². The molecule has 0 aliphatic rings. The minimum Gasteiger partial charge on any atom is -0.309 e. The Kier molecular flexibility index (Phi) is 6.09. The summed E-state index contributed by atoms with van der Waals surface area (Å²) in [5.74, 6) is 1.69. The lowest BCUT2D eigenvalue weighted by atomic mass is 9.84. The van der Waals surface area contributed by atoms with Crippen LogP contribution in [-0.2, 0) is 6.54 Å². The molecule has 0 aliphatic heterocycles. The third-order valence-corrected chi connectivity index (χ3v) is 4.27. The number of nitrogens with one attached hydrogen (secondary N) is 1. The van der Waals surface area contributed by atoms with Gasteiger partial charge in [0.25, 0.3) is 0 Å². The molecule has 0 amide bonds. The predicted molar refractivity (Wildman–Crippen MR) is 75.8 cm³/mol. The van der Waals surface area contributed by atoms with E-state index in [-0.39, 0.29) is 5.41 Å². The van der Waals surface area contributed by atoms with Crippen LogP contribution in [0.1, 0.15) is 52.4 Å². The highest BCUT2D eigenvalue weighted by Crippen LogP contribution is 2.26. The Balaban J connectivity index is 2.53. The van der Waals surface area contributed by atoms with Gasteiger partial charge in [0.1, 0.15) is 12.2 Å². The SMILES string of the molecule is CCC(CC)(CCl)CNCc1ncnn1C(C)C. The molecule has 1 rings (SSSR count). The van der Waals surface area contributed by atoms with Gasteiger partial charge in [-0.25, -0.2) is 9.67 Å². The molecule has 1 heterocycles. The summed E-state index contributed by atoms with van der Waals surface area (Å²) in [5, 5.41) is 7.70. The summed E-state index contributed by atoms with van der Waals surface area (Å²) in [4.78, 5) is 4.29. The highest BCUT2D eigenvalue weighted by atomic mass is 35.5. The van der Waals surface area contributed by atoms with Gasteiger partial charge in [-0.05, 0) is 32.1 Å². The average molecular weight is 273 g/mol. The van der Waals surface area contributed by atoms with Gasteiger partial charge < -0.3 is 5.32 Å². The van der Waals surface area contributed by atoms with Crippen LogP contribution in [0.4, 0.5) is 0 Å². The minimum atomic E-state index is 0.199. The number of alkyl halides is 1. The van der Waals surface area contributed by atoms with Crippen molar-refractivity contribution in [2.75, 3.05) is 12.4 Å². The Bertz CT molecular complexity index is 336. The number of rotatable bonds is 8. The average Bonchev–Trinajstić information content (AvgIpc) is 2.84. The van der Waals surface area contributed by atoms with Gasteiger partial charge >= 0.3 is 0 Å². The lowest BCUT2D eigenvalue weighted by Gasteiger charge is -2.29. The zero-order chi connectivity index (χ0) is 13.6. The third kappa shape index (κ3) is 3.69. The van der Waals surface area contributed by atoms with Crippen LogP contribution < -0.4 is 5.32 Å². The summed E-state index contributed by atoms with van der Waals surface area (Å²) in [6, 6.07) is 0.347. The molecule has 104 valence electrons. The highest BCUT2D eigenvalue weighted by molar-refractivity contribution is 6.18. The molecule has 0 spiro atoms. The van der Waals surface area contributed by atoms with Crippen LogP contribution in [0.2, 0.25) is 0 Å². The second-order valence-electron chi connectivity index (χ2n) is 5.16. The number of hydrogen-bond acceptors (Lipinski definition) is 3. The van der Waals surface area contributed by atoms with Crippen molar-refractivity contribution < 1.29 is 0 Å². The number of hydrogen-bond donors (Lipinski definition) is 1. The lowest BCUT2D eigenvalue weighted by Crippen LogP contribution is -2.35. The third-order valence-electron chi connectivity index (χ3n) is 3.70. The smallest absolute Gasteiger partial charge is 0.141 e. The van der Waals surface area contributed by atoms with Crippen molar-refractivity contribution in [1.29, 1.82) is 0 Å². The van der Waals surface area contributed by atoms with E-state index in [1.54, 1.807) is 6.33 Å². The molecular formula is C13H25ClN4. The molecule has 4 nitrogen and oxygen atoms in total. The van der Waals surface area contributed by atoms with Gasteiger partial charge in [0, 0.05) is 18.5 Å². The Morgan fingerprint density at radius 1 is 1.39 bits per heavy atom. The van der Waals surface area contributed by atoms with Crippen LogP contribution in [0.15, 0.2) is 6.33 Å². The molecule has 0 fully saturated rings. The van der Waals surface area contributed by atoms with E-state index in [2.05, 4.69) is 43.1 Å². The molecule has 1 N–H and O–H groups in total. The standard InChI is InChI=1S/C13H25ClN4/c1-5-13(6-2,8-14)9-15-7-12-16-10-17-18(12)11(3)4/h10-11,15H,5-9H2,1-4H3. The second-order valence-corrected chi connectivity index (χ2v) is 5.43. The van der Waals surface area contributed by atoms with E-state index in [0.29, 0.717) is 11.9 Å². The predicted octanol–water partition coefficient (Wildman–Crippen LogP) is 2.99. The second kappa shape index (κ2) is 7.10. The van der Waals surface area contributed by atoms with Crippen molar-refractivity contribution in [2.45, 2.75) is 53.1 Å². The fourth-order valence-corrected chi connectivity index (χ4v) is 2.48. The van der Waals surface area contributed by atoms with Crippen molar-refractivity contribution in [3.63, 3.8) is 0 Å². The van der Waals surface area contributed by atoms with E-state index < -0.39 is 0 Å². The molecule has 1 aromatic rings. The quantitative estimate of drug-likeness (QED) is 0.740. The van der Waals surface area contributed by atoms with Crippen molar-refractivity contribution in [1.82, 2.24) is 20.1 Å². The van der Waals surface area contributed by atoms with Gasteiger partial charge in [0.05, 0.1) is 6.54 Å². The van der Waals surface area contributed by atoms with Gasteiger partial charge in [0.15, 0.2) is 0 Å². The topological polar surface area (TPSA) is 42.7 Å². The molecule has 0 aromatic carbocycles. The summed E-state index contributed by atoms with van der Waals surface area (Å²) < 4.78 is 1.95. The van der Waals surface area contributed by atoms with Crippen LogP contribution in [0, 0.1) is 5.41 Å². The summed E-state index contributed by atoms with van der Waals surface area (Å²) in [6.45, 7) is 10.3.